The maximum Gasteiger partial charge on any atom is 0.275 e. The highest BCUT2D eigenvalue weighted by atomic mass is 16.3. The van der Waals surface area contributed by atoms with E-state index < -0.39 is 0 Å². The summed E-state index contributed by atoms with van der Waals surface area (Å²) in [6.45, 7) is 2.65. The lowest BCUT2D eigenvalue weighted by Gasteiger charge is -2.29. The summed E-state index contributed by atoms with van der Waals surface area (Å²) in [5.41, 5.74) is 1.14. The van der Waals surface area contributed by atoms with Gasteiger partial charge in [0.25, 0.3) is 5.91 Å². The molecule has 3 atom stereocenters. The fourth-order valence-electron chi connectivity index (χ4n) is 3.57. The van der Waals surface area contributed by atoms with Crippen molar-refractivity contribution in [2.24, 2.45) is 5.92 Å². The van der Waals surface area contributed by atoms with Gasteiger partial charge >= 0.3 is 0 Å². The summed E-state index contributed by atoms with van der Waals surface area (Å²) in [5.74, 6) is 1.57. The molecule has 1 heterocycles. The molecule has 0 aliphatic heterocycles. The maximum absolute atomic E-state index is 12.4. The van der Waals surface area contributed by atoms with E-state index in [1.807, 2.05) is 30.3 Å². The molecule has 1 aromatic heterocycles. The molecule has 1 aliphatic rings. The number of nitrogens with two attached hydrogens (primary N) is 1. The Balaban J connectivity index is 1.60. The minimum atomic E-state index is 0.00993. The van der Waals surface area contributed by atoms with Gasteiger partial charge in [0.1, 0.15) is 0 Å². The number of hydrogen-bond donors (Lipinski definition) is 2. The predicted octanol–water partition coefficient (Wildman–Crippen LogP) is 2.63. The van der Waals surface area contributed by atoms with Gasteiger partial charge in [-0.25, -0.2) is 0 Å². The highest BCUT2D eigenvalue weighted by molar-refractivity contribution is 5.77. The lowest BCUT2D eigenvalue weighted by molar-refractivity contribution is -0.678. The van der Waals surface area contributed by atoms with Crippen LogP contribution in [0.5, 0.6) is 0 Å². The smallest absolute Gasteiger partial charge is 0.275 e. The van der Waals surface area contributed by atoms with Crippen LogP contribution in [0.3, 0.4) is 0 Å². The van der Waals surface area contributed by atoms with Crippen molar-refractivity contribution >= 4 is 5.91 Å². The molecule has 1 amide bonds. The van der Waals surface area contributed by atoms with Crippen LogP contribution in [0.1, 0.15) is 50.0 Å². The number of nitrogens with one attached hydrogen (secondary N) is 1. The molecule has 0 saturated heterocycles. The Labute approximate surface area is 143 Å². The average molecular weight is 327 g/mol. The molecule has 4 heteroatoms. The van der Waals surface area contributed by atoms with Crippen molar-refractivity contribution in [2.45, 2.75) is 44.7 Å². The molecule has 0 bridgehead atoms. The Morgan fingerprint density at radius 1 is 1.21 bits per heavy atom. The fraction of sp³-hybridized carbons (Fsp3) is 0.450. The second-order valence-electron chi connectivity index (χ2n) is 6.78. The average Bonchev–Trinajstić information content (AvgIpc) is 3.12. The molecule has 3 N–H and O–H groups in total. The SMILES string of the molecule is C[C@H]1CCCC[C@H]1NC(=O)C[NH2+][C@@H](c1ccccc1)c1ccco1. The number of hydrogen-bond acceptors (Lipinski definition) is 2. The van der Waals surface area contributed by atoms with Gasteiger partial charge in [0.05, 0.1) is 6.26 Å². The van der Waals surface area contributed by atoms with Crippen LogP contribution in [-0.4, -0.2) is 18.5 Å². The van der Waals surface area contributed by atoms with Gasteiger partial charge in [-0.2, -0.15) is 0 Å². The predicted molar refractivity (Wildman–Crippen MR) is 93.3 cm³/mol. The molecule has 0 radical (unpaired) electrons. The first-order chi connectivity index (χ1) is 11.7. The van der Waals surface area contributed by atoms with Crippen LogP contribution >= 0.6 is 0 Å². The number of benzene rings is 1. The number of quaternary nitrogens is 1. The second kappa shape index (κ2) is 8.15. The van der Waals surface area contributed by atoms with Gasteiger partial charge in [-0.1, -0.05) is 50.1 Å². The van der Waals surface area contributed by atoms with Crippen molar-refractivity contribution in [3.8, 4) is 0 Å². The van der Waals surface area contributed by atoms with Crippen molar-refractivity contribution in [3.05, 3.63) is 60.1 Å². The monoisotopic (exact) mass is 327 g/mol. The zero-order valence-corrected chi connectivity index (χ0v) is 14.3. The Kier molecular flexibility index (Phi) is 5.70. The first-order valence-electron chi connectivity index (χ1n) is 8.95. The van der Waals surface area contributed by atoms with Crippen LogP contribution in [0.4, 0.5) is 0 Å². The fourth-order valence-corrected chi connectivity index (χ4v) is 3.57. The van der Waals surface area contributed by atoms with Gasteiger partial charge in [-0.3, -0.25) is 4.79 Å². The van der Waals surface area contributed by atoms with Crippen LogP contribution in [0.25, 0.3) is 0 Å². The van der Waals surface area contributed by atoms with E-state index in [0.29, 0.717) is 18.5 Å². The molecule has 24 heavy (non-hydrogen) atoms. The van der Waals surface area contributed by atoms with E-state index in [4.69, 9.17) is 4.42 Å². The normalized spacial score (nSPS) is 22.0. The maximum atomic E-state index is 12.4. The second-order valence-corrected chi connectivity index (χ2v) is 6.78. The van der Waals surface area contributed by atoms with E-state index in [0.717, 1.165) is 17.7 Å². The van der Waals surface area contributed by atoms with Crippen LogP contribution < -0.4 is 10.6 Å². The van der Waals surface area contributed by atoms with Crippen LogP contribution in [0.15, 0.2) is 53.1 Å². The lowest BCUT2D eigenvalue weighted by atomic mass is 9.86. The summed E-state index contributed by atoms with van der Waals surface area (Å²) in [6, 6.07) is 14.4. The van der Waals surface area contributed by atoms with E-state index >= 15 is 0 Å². The first-order valence-corrected chi connectivity index (χ1v) is 8.95. The van der Waals surface area contributed by atoms with Crippen LogP contribution in [0.2, 0.25) is 0 Å². The number of carbonyl (C=O) groups excluding carboxylic acids is 1. The standard InChI is InChI=1S/C20H26N2O2/c1-15-8-5-6-11-17(15)22-19(23)14-21-20(18-12-7-13-24-18)16-9-3-2-4-10-16/h2-4,7,9-10,12-13,15,17,20-21H,5-6,8,11,14H2,1H3,(H,22,23)/p+1/t15-,17+,20-/m0/s1. The van der Waals surface area contributed by atoms with Crippen molar-refractivity contribution < 1.29 is 14.5 Å². The van der Waals surface area contributed by atoms with E-state index in [-0.39, 0.29) is 11.9 Å². The Morgan fingerprint density at radius 3 is 2.71 bits per heavy atom. The lowest BCUT2D eigenvalue weighted by Crippen LogP contribution is -2.88. The molecule has 1 saturated carbocycles. The molecule has 4 nitrogen and oxygen atoms in total. The Morgan fingerprint density at radius 2 is 2.00 bits per heavy atom. The summed E-state index contributed by atoms with van der Waals surface area (Å²) < 4.78 is 5.59. The summed E-state index contributed by atoms with van der Waals surface area (Å²) in [7, 11) is 0. The zero-order chi connectivity index (χ0) is 16.8. The molecule has 0 spiro atoms. The third-order valence-electron chi connectivity index (χ3n) is 5.01. The van der Waals surface area contributed by atoms with Gasteiger partial charge in [0.15, 0.2) is 18.3 Å². The van der Waals surface area contributed by atoms with Crippen LogP contribution in [0, 0.1) is 5.92 Å². The molecule has 128 valence electrons. The van der Waals surface area contributed by atoms with Crippen molar-refractivity contribution in [1.29, 1.82) is 0 Å². The van der Waals surface area contributed by atoms with Crippen molar-refractivity contribution in [3.63, 3.8) is 0 Å². The molecule has 1 aliphatic carbocycles. The van der Waals surface area contributed by atoms with E-state index in [1.54, 1.807) is 6.26 Å². The molecule has 2 aromatic rings. The summed E-state index contributed by atoms with van der Waals surface area (Å²) in [6.07, 6.45) is 6.51. The number of rotatable bonds is 6. The molecule has 0 unspecified atom stereocenters. The minimum absolute atomic E-state index is 0.00993. The minimum Gasteiger partial charge on any atom is -0.463 e. The zero-order valence-electron chi connectivity index (χ0n) is 14.3. The number of carbonyl (C=O) groups is 1. The number of furan rings is 1. The highest BCUT2D eigenvalue weighted by Gasteiger charge is 2.25. The third kappa shape index (κ3) is 4.26. The van der Waals surface area contributed by atoms with E-state index in [1.165, 1.54) is 19.3 Å². The summed E-state index contributed by atoms with van der Waals surface area (Å²) >= 11 is 0. The van der Waals surface area contributed by atoms with Crippen LogP contribution in [-0.2, 0) is 4.79 Å². The Hall–Kier alpha value is -2.07. The molecular weight excluding hydrogens is 300 g/mol. The molecule has 1 aromatic carbocycles. The molecular formula is C20H27N2O2+. The van der Waals surface area contributed by atoms with Gasteiger partial charge in [-0.15, -0.1) is 0 Å². The quantitative estimate of drug-likeness (QED) is 0.857. The third-order valence-corrected chi connectivity index (χ3v) is 5.01. The van der Waals surface area contributed by atoms with Gasteiger partial charge in [0.2, 0.25) is 0 Å². The van der Waals surface area contributed by atoms with E-state index in [2.05, 4.69) is 29.7 Å². The largest absolute Gasteiger partial charge is 0.463 e. The van der Waals surface area contributed by atoms with Gasteiger partial charge < -0.3 is 15.1 Å². The van der Waals surface area contributed by atoms with Gasteiger partial charge in [-0.05, 0) is 30.9 Å². The van der Waals surface area contributed by atoms with Gasteiger partial charge in [0, 0.05) is 11.6 Å². The first kappa shape index (κ1) is 16.8. The van der Waals surface area contributed by atoms with E-state index in [9.17, 15) is 4.79 Å². The molecule has 1 fully saturated rings. The number of amides is 1. The van der Waals surface area contributed by atoms with Crippen molar-refractivity contribution in [1.82, 2.24) is 5.32 Å². The summed E-state index contributed by atoms with van der Waals surface area (Å²) in [5, 5.41) is 5.27. The summed E-state index contributed by atoms with van der Waals surface area (Å²) in [4.78, 5) is 12.4. The topological polar surface area (TPSA) is 58.9 Å². The van der Waals surface area contributed by atoms with Crippen molar-refractivity contribution in [2.75, 3.05) is 6.54 Å². The Bertz CT molecular complexity index is 624. The highest BCUT2D eigenvalue weighted by Crippen LogP contribution is 2.23. The molecule has 3 rings (SSSR count).